The molecule has 8 heteroatoms. The number of anilines is 1. The first-order chi connectivity index (χ1) is 17.3. The van der Waals surface area contributed by atoms with Crippen LogP contribution in [0.5, 0.6) is 0 Å². The average molecular weight is 503 g/mol. The van der Waals surface area contributed by atoms with Gasteiger partial charge in [0.25, 0.3) is 5.91 Å². The Labute approximate surface area is 212 Å². The van der Waals surface area contributed by atoms with Crippen molar-refractivity contribution in [2.75, 3.05) is 51.1 Å². The summed E-state index contributed by atoms with van der Waals surface area (Å²) >= 11 is 0. The Morgan fingerprint density at radius 3 is 2.25 bits per heavy atom. The van der Waals surface area contributed by atoms with Crippen LogP contribution in [0.25, 0.3) is 0 Å². The standard InChI is InChI=1S/C28H37F3N4O/c1-21(26(34-17-13-32-14-18-34)20-33-25-5-3-2-4-6-25)19-22-11-15-35(16-12-22)27(36)23-7-9-24(10-8-23)28(29,30)31/h2-10,21-22,26,32-33H,11-20H2,1H3. The van der Waals surface area contributed by atoms with Crippen molar-refractivity contribution in [1.82, 2.24) is 15.1 Å². The number of para-hydroxylation sites is 1. The fourth-order valence-corrected chi connectivity index (χ4v) is 5.52. The first-order valence-corrected chi connectivity index (χ1v) is 13.0. The predicted octanol–water partition coefficient (Wildman–Crippen LogP) is 4.97. The maximum Gasteiger partial charge on any atom is 0.416 e. The van der Waals surface area contributed by atoms with Crippen LogP contribution in [0.15, 0.2) is 54.6 Å². The van der Waals surface area contributed by atoms with Gasteiger partial charge in [-0.15, -0.1) is 0 Å². The highest BCUT2D eigenvalue weighted by Crippen LogP contribution is 2.31. The van der Waals surface area contributed by atoms with Crippen LogP contribution in [0.1, 0.15) is 42.1 Å². The van der Waals surface area contributed by atoms with Gasteiger partial charge in [-0.05, 0) is 67.5 Å². The van der Waals surface area contributed by atoms with Gasteiger partial charge in [0, 0.05) is 63.1 Å². The first kappa shape index (κ1) is 26.5. The lowest BCUT2D eigenvalue weighted by atomic mass is 9.83. The van der Waals surface area contributed by atoms with Gasteiger partial charge in [-0.3, -0.25) is 9.69 Å². The van der Waals surface area contributed by atoms with Crippen LogP contribution in [0.3, 0.4) is 0 Å². The Balaban J connectivity index is 1.30. The highest BCUT2D eigenvalue weighted by molar-refractivity contribution is 5.94. The molecular formula is C28H37F3N4O. The molecule has 2 atom stereocenters. The average Bonchev–Trinajstić information content (AvgIpc) is 2.90. The van der Waals surface area contributed by atoms with Crippen molar-refractivity contribution in [2.45, 2.75) is 38.4 Å². The van der Waals surface area contributed by atoms with Gasteiger partial charge in [0.1, 0.15) is 0 Å². The Morgan fingerprint density at radius 2 is 1.64 bits per heavy atom. The van der Waals surface area contributed by atoms with E-state index >= 15 is 0 Å². The molecule has 2 heterocycles. The molecular weight excluding hydrogens is 465 g/mol. The number of rotatable bonds is 8. The summed E-state index contributed by atoms with van der Waals surface area (Å²) in [7, 11) is 0. The van der Waals surface area contributed by atoms with Gasteiger partial charge >= 0.3 is 6.18 Å². The lowest BCUT2D eigenvalue weighted by Crippen LogP contribution is -2.53. The van der Waals surface area contributed by atoms with Crippen LogP contribution >= 0.6 is 0 Å². The summed E-state index contributed by atoms with van der Waals surface area (Å²) in [6.07, 6.45) is -1.43. The van der Waals surface area contributed by atoms with E-state index < -0.39 is 11.7 Å². The molecule has 36 heavy (non-hydrogen) atoms. The highest BCUT2D eigenvalue weighted by Gasteiger charge is 2.32. The number of likely N-dealkylation sites (tertiary alicyclic amines) is 1. The molecule has 2 aromatic rings. The minimum Gasteiger partial charge on any atom is -0.383 e. The summed E-state index contributed by atoms with van der Waals surface area (Å²) in [6.45, 7) is 8.67. The quantitative estimate of drug-likeness (QED) is 0.535. The van der Waals surface area contributed by atoms with Crippen LogP contribution in [0.4, 0.5) is 18.9 Å². The van der Waals surface area contributed by atoms with Crippen LogP contribution in [-0.2, 0) is 6.18 Å². The molecule has 0 spiro atoms. The second kappa shape index (κ2) is 12.1. The van der Waals surface area contributed by atoms with E-state index in [1.54, 1.807) is 4.90 Å². The zero-order chi connectivity index (χ0) is 25.5. The van der Waals surface area contributed by atoms with E-state index in [1.165, 1.54) is 12.1 Å². The number of piperazine rings is 1. The summed E-state index contributed by atoms with van der Waals surface area (Å²) in [5.41, 5.74) is 0.730. The van der Waals surface area contributed by atoms with E-state index in [9.17, 15) is 18.0 Å². The van der Waals surface area contributed by atoms with Gasteiger partial charge in [-0.1, -0.05) is 25.1 Å². The second-order valence-electron chi connectivity index (χ2n) is 10.1. The number of carbonyl (C=O) groups excluding carboxylic acids is 1. The van der Waals surface area contributed by atoms with Crippen LogP contribution < -0.4 is 10.6 Å². The van der Waals surface area contributed by atoms with Gasteiger partial charge in [0.05, 0.1) is 5.56 Å². The van der Waals surface area contributed by atoms with Crippen molar-refractivity contribution in [3.8, 4) is 0 Å². The number of hydrogen-bond acceptors (Lipinski definition) is 4. The van der Waals surface area contributed by atoms with Gasteiger partial charge in [-0.2, -0.15) is 13.2 Å². The number of halogens is 3. The first-order valence-electron chi connectivity index (χ1n) is 13.0. The molecule has 0 bridgehead atoms. The number of carbonyl (C=O) groups is 1. The largest absolute Gasteiger partial charge is 0.416 e. The molecule has 2 saturated heterocycles. The number of piperidine rings is 1. The number of nitrogens with one attached hydrogen (secondary N) is 2. The van der Waals surface area contributed by atoms with E-state index in [0.717, 1.165) is 69.8 Å². The van der Waals surface area contributed by atoms with Crippen molar-refractivity contribution in [3.05, 3.63) is 65.7 Å². The minimum absolute atomic E-state index is 0.180. The molecule has 2 fully saturated rings. The highest BCUT2D eigenvalue weighted by atomic mass is 19.4. The van der Waals surface area contributed by atoms with E-state index in [-0.39, 0.29) is 5.91 Å². The lowest BCUT2D eigenvalue weighted by molar-refractivity contribution is -0.137. The Morgan fingerprint density at radius 1 is 1.00 bits per heavy atom. The smallest absolute Gasteiger partial charge is 0.383 e. The molecule has 4 rings (SSSR count). The molecule has 2 N–H and O–H groups in total. The van der Waals surface area contributed by atoms with E-state index in [1.807, 2.05) is 18.2 Å². The third-order valence-electron chi connectivity index (χ3n) is 7.63. The molecule has 0 radical (unpaired) electrons. The summed E-state index contributed by atoms with van der Waals surface area (Å²) in [5.74, 6) is 0.862. The number of alkyl halides is 3. The normalized spacial score (nSPS) is 19.6. The molecule has 0 aromatic heterocycles. The minimum atomic E-state index is -4.39. The SMILES string of the molecule is CC(CC1CCN(C(=O)c2ccc(C(F)(F)F)cc2)CC1)C(CNc1ccccc1)N1CCNCC1. The molecule has 0 saturated carbocycles. The number of benzene rings is 2. The summed E-state index contributed by atoms with van der Waals surface area (Å²) in [4.78, 5) is 17.2. The Bertz CT molecular complexity index is 953. The monoisotopic (exact) mass is 502 g/mol. The summed E-state index contributed by atoms with van der Waals surface area (Å²) < 4.78 is 38.5. The fourth-order valence-electron chi connectivity index (χ4n) is 5.52. The maximum atomic E-state index is 12.8. The van der Waals surface area contributed by atoms with Crippen molar-refractivity contribution < 1.29 is 18.0 Å². The van der Waals surface area contributed by atoms with Crippen molar-refractivity contribution in [3.63, 3.8) is 0 Å². The molecule has 2 aliphatic heterocycles. The van der Waals surface area contributed by atoms with Gasteiger partial charge in [-0.25, -0.2) is 0 Å². The third-order valence-corrected chi connectivity index (χ3v) is 7.63. The number of amides is 1. The Hall–Kier alpha value is -2.58. The number of hydrogen-bond donors (Lipinski definition) is 2. The van der Waals surface area contributed by atoms with Crippen LogP contribution in [0, 0.1) is 11.8 Å². The zero-order valence-electron chi connectivity index (χ0n) is 20.9. The second-order valence-corrected chi connectivity index (χ2v) is 10.1. The maximum absolute atomic E-state index is 12.8. The van der Waals surface area contributed by atoms with Crippen molar-refractivity contribution in [1.29, 1.82) is 0 Å². The van der Waals surface area contributed by atoms with Crippen molar-refractivity contribution >= 4 is 11.6 Å². The third kappa shape index (κ3) is 7.01. The van der Waals surface area contributed by atoms with Gasteiger partial charge in [0.2, 0.25) is 0 Å². The molecule has 2 aliphatic rings. The molecule has 0 aliphatic carbocycles. The summed E-state index contributed by atoms with van der Waals surface area (Å²) in [5, 5.41) is 7.08. The van der Waals surface area contributed by atoms with Gasteiger partial charge < -0.3 is 15.5 Å². The van der Waals surface area contributed by atoms with Crippen LogP contribution in [-0.4, -0.2) is 67.6 Å². The lowest BCUT2D eigenvalue weighted by Gasteiger charge is -2.40. The summed E-state index contributed by atoms with van der Waals surface area (Å²) in [6, 6.07) is 15.3. The fraction of sp³-hybridized carbons (Fsp3) is 0.536. The topological polar surface area (TPSA) is 47.6 Å². The van der Waals surface area contributed by atoms with Gasteiger partial charge in [0.15, 0.2) is 0 Å². The van der Waals surface area contributed by atoms with E-state index in [4.69, 9.17) is 0 Å². The molecule has 2 aromatic carbocycles. The Kier molecular flexibility index (Phi) is 8.90. The molecule has 1 amide bonds. The van der Waals surface area contributed by atoms with E-state index in [2.05, 4.69) is 34.6 Å². The van der Waals surface area contributed by atoms with E-state index in [0.29, 0.717) is 36.5 Å². The molecule has 5 nitrogen and oxygen atoms in total. The molecule has 196 valence electrons. The predicted molar refractivity (Wildman–Crippen MR) is 137 cm³/mol. The van der Waals surface area contributed by atoms with Crippen LogP contribution in [0.2, 0.25) is 0 Å². The molecule has 2 unspecified atom stereocenters. The number of nitrogens with zero attached hydrogens (tertiary/aromatic N) is 2. The van der Waals surface area contributed by atoms with Crippen molar-refractivity contribution in [2.24, 2.45) is 11.8 Å². The zero-order valence-corrected chi connectivity index (χ0v) is 20.9.